The molecule has 1 aromatic rings. The maximum Gasteiger partial charge on any atom is 0.372 e. The zero-order valence-electron chi connectivity index (χ0n) is 9.43. The minimum atomic E-state index is -1.10. The van der Waals surface area contributed by atoms with Crippen LogP contribution < -0.4 is 0 Å². The molecule has 0 spiro atoms. The summed E-state index contributed by atoms with van der Waals surface area (Å²) in [6.45, 7) is 3.03. The Hall–Kier alpha value is -1.82. The number of furan rings is 1. The molecule has 0 bridgehead atoms. The summed E-state index contributed by atoms with van der Waals surface area (Å²) in [7, 11) is 0. The highest BCUT2D eigenvalue weighted by Gasteiger charge is 2.21. The van der Waals surface area contributed by atoms with Crippen molar-refractivity contribution in [2.45, 2.75) is 13.5 Å². The van der Waals surface area contributed by atoms with E-state index in [1.54, 1.807) is 17.9 Å². The Labute approximate surface area is 97.8 Å². The van der Waals surface area contributed by atoms with E-state index in [0.717, 1.165) is 0 Å². The van der Waals surface area contributed by atoms with Gasteiger partial charge in [-0.1, -0.05) is 0 Å². The first-order chi connectivity index (χ1) is 8.08. The molecule has 1 aromatic heterocycles. The van der Waals surface area contributed by atoms with E-state index in [0.29, 0.717) is 24.5 Å². The third kappa shape index (κ3) is 2.47. The number of carbonyl (C=O) groups is 2. The molecule has 2 rings (SSSR count). The van der Waals surface area contributed by atoms with E-state index in [1.165, 1.54) is 0 Å². The van der Waals surface area contributed by atoms with E-state index in [2.05, 4.69) is 0 Å². The number of ether oxygens (including phenoxy) is 1. The molecular weight excluding hydrogens is 226 g/mol. The smallest absolute Gasteiger partial charge is 0.372 e. The molecule has 1 N–H and O–H groups in total. The second kappa shape index (κ2) is 4.58. The van der Waals surface area contributed by atoms with Crippen molar-refractivity contribution in [1.29, 1.82) is 0 Å². The van der Waals surface area contributed by atoms with Crippen molar-refractivity contribution < 1.29 is 23.8 Å². The molecule has 0 radical (unpaired) electrons. The van der Waals surface area contributed by atoms with Gasteiger partial charge in [-0.25, -0.2) is 4.79 Å². The topological polar surface area (TPSA) is 80.0 Å². The quantitative estimate of drug-likeness (QED) is 0.837. The molecule has 0 aromatic carbocycles. The second-order valence-electron chi connectivity index (χ2n) is 3.90. The molecule has 0 aliphatic carbocycles. The second-order valence-corrected chi connectivity index (χ2v) is 3.90. The minimum absolute atomic E-state index is 0.0688. The zero-order chi connectivity index (χ0) is 12.4. The molecule has 1 fully saturated rings. The first-order valence-corrected chi connectivity index (χ1v) is 5.26. The fraction of sp³-hybridized carbons (Fsp3) is 0.455. The summed E-state index contributed by atoms with van der Waals surface area (Å²) < 4.78 is 10.2. The first-order valence-electron chi connectivity index (χ1n) is 5.26. The number of rotatable bonds is 3. The highest BCUT2D eigenvalue weighted by molar-refractivity contribution is 5.86. The van der Waals surface area contributed by atoms with Gasteiger partial charge in [0.25, 0.3) is 0 Å². The summed E-state index contributed by atoms with van der Waals surface area (Å²) in [4.78, 5) is 23.9. The molecular formula is C11H13NO5. The van der Waals surface area contributed by atoms with Crippen LogP contribution in [0.15, 0.2) is 10.5 Å². The Balaban J connectivity index is 2.10. The lowest BCUT2D eigenvalue weighted by Gasteiger charge is -2.25. The molecule has 1 amide bonds. The van der Waals surface area contributed by atoms with Gasteiger partial charge >= 0.3 is 5.97 Å². The maximum atomic E-state index is 11.5. The number of aryl methyl sites for hydroxylation is 1. The standard InChI is InChI=1S/C11H13NO5/c1-7-4-8(17-10(7)11(14)15)5-12-2-3-16-6-9(12)13/h4H,2-3,5-6H2,1H3,(H,14,15). The lowest BCUT2D eigenvalue weighted by Crippen LogP contribution is -2.40. The SMILES string of the molecule is Cc1cc(CN2CCOCC2=O)oc1C(=O)O. The van der Waals surface area contributed by atoms with Crippen molar-refractivity contribution in [1.82, 2.24) is 4.90 Å². The van der Waals surface area contributed by atoms with Crippen LogP contribution in [0.3, 0.4) is 0 Å². The molecule has 6 heteroatoms. The average Bonchev–Trinajstić information content (AvgIpc) is 2.63. The van der Waals surface area contributed by atoms with E-state index in [1.807, 2.05) is 0 Å². The van der Waals surface area contributed by atoms with Gasteiger partial charge in [0.15, 0.2) is 0 Å². The van der Waals surface area contributed by atoms with Gasteiger partial charge in [0.05, 0.1) is 13.2 Å². The first kappa shape index (κ1) is 11.7. The molecule has 0 saturated carbocycles. The normalized spacial score (nSPS) is 16.3. The van der Waals surface area contributed by atoms with Gasteiger partial charge in [-0.15, -0.1) is 0 Å². The van der Waals surface area contributed by atoms with Crippen LogP contribution in [-0.4, -0.2) is 41.6 Å². The Morgan fingerprint density at radius 2 is 2.35 bits per heavy atom. The number of hydrogen-bond donors (Lipinski definition) is 1. The van der Waals surface area contributed by atoms with Gasteiger partial charge in [0.1, 0.15) is 12.4 Å². The lowest BCUT2D eigenvalue weighted by atomic mass is 10.2. The van der Waals surface area contributed by atoms with E-state index >= 15 is 0 Å². The Morgan fingerprint density at radius 3 is 2.94 bits per heavy atom. The van der Waals surface area contributed by atoms with Crippen molar-refractivity contribution >= 4 is 11.9 Å². The van der Waals surface area contributed by atoms with Crippen LogP contribution in [0.2, 0.25) is 0 Å². The molecule has 0 atom stereocenters. The molecule has 1 aliphatic rings. The number of aromatic carboxylic acids is 1. The molecule has 2 heterocycles. The predicted octanol–water partition coefficient (Wildman–Crippen LogP) is 0.645. The van der Waals surface area contributed by atoms with Gasteiger partial charge in [-0.05, 0) is 13.0 Å². The van der Waals surface area contributed by atoms with Crippen molar-refractivity contribution in [2.24, 2.45) is 0 Å². The maximum absolute atomic E-state index is 11.5. The van der Waals surface area contributed by atoms with Gasteiger partial charge in [-0.3, -0.25) is 4.79 Å². The van der Waals surface area contributed by atoms with Crippen molar-refractivity contribution in [3.8, 4) is 0 Å². The van der Waals surface area contributed by atoms with E-state index in [9.17, 15) is 9.59 Å². The fourth-order valence-corrected chi connectivity index (χ4v) is 1.74. The van der Waals surface area contributed by atoms with Gasteiger partial charge in [0, 0.05) is 12.1 Å². The van der Waals surface area contributed by atoms with Crippen molar-refractivity contribution in [3.63, 3.8) is 0 Å². The number of carboxylic acid groups (broad SMARTS) is 1. The monoisotopic (exact) mass is 239 g/mol. The molecule has 92 valence electrons. The van der Waals surface area contributed by atoms with Crippen LogP contribution in [0, 0.1) is 6.92 Å². The highest BCUT2D eigenvalue weighted by atomic mass is 16.5. The number of carboxylic acids is 1. The summed E-state index contributed by atoms with van der Waals surface area (Å²) in [6.07, 6.45) is 0. The summed E-state index contributed by atoms with van der Waals surface area (Å²) in [5.41, 5.74) is 0.563. The Morgan fingerprint density at radius 1 is 1.59 bits per heavy atom. The predicted molar refractivity (Wildman–Crippen MR) is 56.6 cm³/mol. The van der Waals surface area contributed by atoms with Gasteiger partial charge in [-0.2, -0.15) is 0 Å². The van der Waals surface area contributed by atoms with Gasteiger partial charge in [0.2, 0.25) is 11.7 Å². The largest absolute Gasteiger partial charge is 0.475 e. The van der Waals surface area contributed by atoms with E-state index in [-0.39, 0.29) is 24.8 Å². The third-order valence-corrected chi connectivity index (χ3v) is 2.59. The number of hydrogen-bond acceptors (Lipinski definition) is 4. The van der Waals surface area contributed by atoms with Crippen LogP contribution in [0.5, 0.6) is 0 Å². The van der Waals surface area contributed by atoms with Crippen LogP contribution in [0.4, 0.5) is 0 Å². The third-order valence-electron chi connectivity index (χ3n) is 2.59. The molecule has 1 saturated heterocycles. The molecule has 1 aliphatic heterocycles. The summed E-state index contributed by atoms with van der Waals surface area (Å²) in [5, 5.41) is 8.84. The van der Waals surface area contributed by atoms with Crippen LogP contribution >= 0.6 is 0 Å². The summed E-state index contributed by atoms with van der Waals surface area (Å²) in [6, 6.07) is 1.65. The average molecular weight is 239 g/mol. The van der Waals surface area contributed by atoms with Crippen LogP contribution in [0.1, 0.15) is 21.9 Å². The Bertz CT molecular complexity index is 451. The van der Waals surface area contributed by atoms with Crippen LogP contribution in [-0.2, 0) is 16.1 Å². The van der Waals surface area contributed by atoms with Crippen molar-refractivity contribution in [3.05, 3.63) is 23.2 Å². The fourth-order valence-electron chi connectivity index (χ4n) is 1.74. The lowest BCUT2D eigenvalue weighted by molar-refractivity contribution is -0.143. The van der Waals surface area contributed by atoms with Crippen LogP contribution in [0.25, 0.3) is 0 Å². The van der Waals surface area contributed by atoms with E-state index in [4.69, 9.17) is 14.3 Å². The summed E-state index contributed by atoms with van der Waals surface area (Å²) in [5.74, 6) is -0.792. The number of amides is 1. The summed E-state index contributed by atoms with van der Waals surface area (Å²) >= 11 is 0. The van der Waals surface area contributed by atoms with E-state index < -0.39 is 5.97 Å². The number of morpholine rings is 1. The van der Waals surface area contributed by atoms with Crippen molar-refractivity contribution in [2.75, 3.05) is 19.8 Å². The van der Waals surface area contributed by atoms with Gasteiger partial charge < -0.3 is 19.2 Å². The number of nitrogens with zero attached hydrogens (tertiary/aromatic N) is 1. The molecule has 6 nitrogen and oxygen atoms in total. The Kier molecular flexibility index (Phi) is 3.14. The minimum Gasteiger partial charge on any atom is -0.475 e. The number of carbonyl (C=O) groups excluding carboxylic acids is 1. The highest BCUT2D eigenvalue weighted by Crippen LogP contribution is 2.17. The molecule has 17 heavy (non-hydrogen) atoms. The molecule has 0 unspecified atom stereocenters. The zero-order valence-corrected chi connectivity index (χ0v) is 9.43.